The maximum Gasteiger partial charge on any atom is 0.223 e. The molecule has 0 radical (unpaired) electrons. The minimum atomic E-state index is 0.293. The third-order valence-corrected chi connectivity index (χ3v) is 4.66. The van der Waals surface area contributed by atoms with Crippen LogP contribution in [0.2, 0.25) is 0 Å². The summed E-state index contributed by atoms with van der Waals surface area (Å²) in [7, 11) is 0. The molecule has 0 aromatic carbocycles. The number of aromatic nitrogens is 2. The Kier molecular flexibility index (Phi) is 5.00. The van der Waals surface area contributed by atoms with Crippen LogP contribution in [0.5, 0.6) is 0 Å². The maximum absolute atomic E-state index is 12.0. The molecule has 6 heteroatoms. The van der Waals surface area contributed by atoms with Crippen molar-refractivity contribution in [3.63, 3.8) is 0 Å². The number of amides is 1. The average Bonchev–Trinajstić information content (AvgIpc) is 2.95. The highest BCUT2D eigenvalue weighted by molar-refractivity contribution is 7.98. The van der Waals surface area contributed by atoms with Gasteiger partial charge in [0, 0.05) is 57.3 Å². The highest BCUT2D eigenvalue weighted by atomic mass is 32.2. The molecular formula is C16H22N4OS. The van der Waals surface area contributed by atoms with Gasteiger partial charge in [-0.3, -0.25) is 9.69 Å². The molecule has 3 heterocycles. The van der Waals surface area contributed by atoms with Gasteiger partial charge >= 0.3 is 0 Å². The van der Waals surface area contributed by atoms with Crippen LogP contribution in [0.25, 0.3) is 5.65 Å². The summed E-state index contributed by atoms with van der Waals surface area (Å²) in [5.41, 5.74) is 2.08. The van der Waals surface area contributed by atoms with Gasteiger partial charge in [0.25, 0.3) is 0 Å². The third kappa shape index (κ3) is 3.62. The lowest BCUT2D eigenvalue weighted by Crippen LogP contribution is -2.48. The first-order chi connectivity index (χ1) is 10.8. The van der Waals surface area contributed by atoms with Crippen molar-refractivity contribution in [2.45, 2.75) is 13.0 Å². The van der Waals surface area contributed by atoms with E-state index in [4.69, 9.17) is 0 Å². The second-order valence-corrected chi connectivity index (χ2v) is 6.58. The van der Waals surface area contributed by atoms with Crippen molar-refractivity contribution in [3.05, 3.63) is 36.3 Å². The Morgan fingerprint density at radius 1 is 1.27 bits per heavy atom. The van der Waals surface area contributed by atoms with Crippen LogP contribution < -0.4 is 0 Å². The molecule has 0 N–H and O–H groups in total. The predicted molar refractivity (Wildman–Crippen MR) is 90.0 cm³/mol. The van der Waals surface area contributed by atoms with E-state index in [1.54, 1.807) is 11.8 Å². The maximum atomic E-state index is 12.0. The zero-order valence-electron chi connectivity index (χ0n) is 12.9. The zero-order valence-corrected chi connectivity index (χ0v) is 13.8. The Hall–Kier alpha value is -1.53. The second-order valence-electron chi connectivity index (χ2n) is 5.60. The molecule has 2 aromatic heterocycles. The molecule has 118 valence electrons. The molecule has 0 bridgehead atoms. The molecule has 1 fully saturated rings. The first kappa shape index (κ1) is 15.4. The van der Waals surface area contributed by atoms with Gasteiger partial charge in [0.15, 0.2) is 0 Å². The number of imidazole rings is 1. The van der Waals surface area contributed by atoms with Crippen LogP contribution in [0, 0.1) is 0 Å². The average molecular weight is 318 g/mol. The van der Waals surface area contributed by atoms with Gasteiger partial charge < -0.3 is 9.30 Å². The fraction of sp³-hybridized carbons (Fsp3) is 0.500. The number of rotatable bonds is 5. The first-order valence-electron chi connectivity index (χ1n) is 7.68. The highest BCUT2D eigenvalue weighted by Gasteiger charge is 2.21. The number of carbonyl (C=O) groups is 1. The lowest BCUT2D eigenvalue weighted by molar-refractivity contribution is -0.132. The van der Waals surface area contributed by atoms with Crippen LogP contribution in [-0.2, 0) is 11.3 Å². The number of hydrogen-bond donors (Lipinski definition) is 0. The van der Waals surface area contributed by atoms with E-state index in [0.717, 1.165) is 49.8 Å². The molecule has 0 spiro atoms. The quantitative estimate of drug-likeness (QED) is 0.842. The smallest absolute Gasteiger partial charge is 0.223 e. The minimum Gasteiger partial charge on any atom is -0.340 e. The summed E-state index contributed by atoms with van der Waals surface area (Å²) >= 11 is 1.73. The van der Waals surface area contributed by atoms with Crippen LogP contribution in [0.3, 0.4) is 0 Å². The number of fused-ring (bicyclic) bond motifs is 1. The van der Waals surface area contributed by atoms with E-state index >= 15 is 0 Å². The summed E-state index contributed by atoms with van der Waals surface area (Å²) in [5, 5.41) is 0. The summed E-state index contributed by atoms with van der Waals surface area (Å²) in [6.45, 7) is 4.38. The SMILES string of the molecule is CSCCC(=O)N1CCN(Cc2cn3ccccc3n2)CC1. The van der Waals surface area contributed by atoms with Crippen molar-refractivity contribution >= 4 is 23.3 Å². The number of carbonyl (C=O) groups excluding carboxylic acids is 1. The first-order valence-corrected chi connectivity index (χ1v) is 9.07. The number of hydrogen-bond acceptors (Lipinski definition) is 4. The fourth-order valence-corrected chi connectivity index (χ4v) is 3.17. The van der Waals surface area contributed by atoms with Gasteiger partial charge in [0.1, 0.15) is 5.65 Å². The van der Waals surface area contributed by atoms with Crippen molar-refractivity contribution < 1.29 is 4.79 Å². The van der Waals surface area contributed by atoms with Gasteiger partial charge in [-0.05, 0) is 18.4 Å². The Morgan fingerprint density at radius 3 is 2.82 bits per heavy atom. The molecule has 0 aliphatic carbocycles. The Morgan fingerprint density at radius 2 is 2.09 bits per heavy atom. The largest absolute Gasteiger partial charge is 0.340 e. The predicted octanol–water partition coefficient (Wildman–Crippen LogP) is 1.73. The molecule has 3 rings (SSSR count). The van der Waals surface area contributed by atoms with E-state index in [2.05, 4.69) is 20.5 Å². The van der Waals surface area contributed by atoms with Gasteiger partial charge in [-0.25, -0.2) is 4.98 Å². The molecule has 1 saturated heterocycles. The van der Waals surface area contributed by atoms with Crippen LogP contribution in [-0.4, -0.2) is 63.3 Å². The van der Waals surface area contributed by atoms with Crippen molar-refractivity contribution in [2.24, 2.45) is 0 Å². The minimum absolute atomic E-state index is 0.293. The summed E-state index contributed by atoms with van der Waals surface area (Å²) in [5.74, 6) is 1.21. The molecular weight excluding hydrogens is 296 g/mol. The molecule has 0 atom stereocenters. The Balaban J connectivity index is 1.52. The molecule has 1 aliphatic heterocycles. The van der Waals surface area contributed by atoms with Gasteiger partial charge in [-0.15, -0.1) is 0 Å². The zero-order chi connectivity index (χ0) is 15.4. The van der Waals surface area contributed by atoms with Crippen LogP contribution in [0.15, 0.2) is 30.6 Å². The normalized spacial score (nSPS) is 16.3. The number of pyridine rings is 1. The monoisotopic (exact) mass is 318 g/mol. The molecule has 5 nitrogen and oxygen atoms in total. The topological polar surface area (TPSA) is 40.9 Å². The van der Waals surface area contributed by atoms with Crippen LogP contribution >= 0.6 is 11.8 Å². The van der Waals surface area contributed by atoms with E-state index in [0.29, 0.717) is 12.3 Å². The summed E-state index contributed by atoms with van der Waals surface area (Å²) < 4.78 is 2.05. The molecule has 2 aromatic rings. The van der Waals surface area contributed by atoms with Crippen molar-refractivity contribution in [1.29, 1.82) is 0 Å². The van der Waals surface area contributed by atoms with Gasteiger partial charge in [0.05, 0.1) is 5.69 Å². The summed E-state index contributed by atoms with van der Waals surface area (Å²) in [4.78, 5) is 21.0. The summed E-state index contributed by atoms with van der Waals surface area (Å²) in [6, 6.07) is 6.04. The molecule has 0 unspecified atom stereocenters. The van der Waals surface area contributed by atoms with Gasteiger partial charge in [-0.2, -0.15) is 11.8 Å². The van der Waals surface area contributed by atoms with E-state index in [1.165, 1.54) is 0 Å². The molecule has 1 amide bonds. The molecule has 1 aliphatic rings. The fourth-order valence-electron chi connectivity index (χ4n) is 2.80. The highest BCUT2D eigenvalue weighted by Crippen LogP contribution is 2.11. The van der Waals surface area contributed by atoms with Crippen molar-refractivity contribution in [3.8, 4) is 0 Å². The number of thioether (sulfide) groups is 1. The van der Waals surface area contributed by atoms with Gasteiger partial charge in [0.2, 0.25) is 5.91 Å². The van der Waals surface area contributed by atoms with E-state index in [-0.39, 0.29) is 0 Å². The summed E-state index contributed by atoms with van der Waals surface area (Å²) in [6.07, 6.45) is 6.81. The van der Waals surface area contributed by atoms with Crippen molar-refractivity contribution in [1.82, 2.24) is 19.2 Å². The van der Waals surface area contributed by atoms with E-state index in [9.17, 15) is 4.79 Å². The molecule has 0 saturated carbocycles. The number of nitrogens with zero attached hydrogens (tertiary/aromatic N) is 4. The van der Waals surface area contributed by atoms with Gasteiger partial charge in [-0.1, -0.05) is 6.07 Å². The number of piperazine rings is 1. The lowest BCUT2D eigenvalue weighted by Gasteiger charge is -2.34. The van der Waals surface area contributed by atoms with Crippen LogP contribution in [0.1, 0.15) is 12.1 Å². The van der Waals surface area contributed by atoms with E-state index in [1.807, 2.05) is 35.6 Å². The van der Waals surface area contributed by atoms with E-state index < -0.39 is 0 Å². The standard InChI is InChI=1S/C16H22N4OS/c1-22-11-5-16(21)19-9-7-18(8-10-19)12-14-13-20-6-3-2-4-15(20)17-14/h2-4,6,13H,5,7-12H2,1H3. The van der Waals surface area contributed by atoms with Crippen molar-refractivity contribution in [2.75, 3.05) is 38.2 Å². The Bertz CT molecular complexity index is 601. The third-order valence-electron chi connectivity index (χ3n) is 4.04. The Labute approximate surface area is 135 Å². The van der Waals surface area contributed by atoms with Crippen LogP contribution in [0.4, 0.5) is 0 Å². The molecule has 22 heavy (non-hydrogen) atoms. The second kappa shape index (κ2) is 7.15. The lowest BCUT2D eigenvalue weighted by atomic mass is 10.2.